The zero-order valence-electron chi connectivity index (χ0n) is 15.3. The van der Waals surface area contributed by atoms with Gasteiger partial charge in [-0.3, -0.25) is 14.5 Å². The number of carbonyl (C=O) groups is 2. The number of aryl methyl sites for hydroxylation is 3. The van der Waals surface area contributed by atoms with Crippen molar-refractivity contribution in [2.45, 2.75) is 34.2 Å². The second-order valence-corrected chi connectivity index (χ2v) is 6.93. The second-order valence-electron chi connectivity index (χ2n) is 6.09. The second kappa shape index (κ2) is 8.22. The lowest BCUT2D eigenvalue weighted by Crippen LogP contribution is -2.85. The summed E-state index contributed by atoms with van der Waals surface area (Å²) < 4.78 is 0. The zero-order valence-corrected chi connectivity index (χ0v) is 16.2. The molecule has 6 nitrogen and oxygen atoms in total. The van der Waals surface area contributed by atoms with Gasteiger partial charge in [0.15, 0.2) is 11.7 Å². The van der Waals surface area contributed by atoms with Gasteiger partial charge in [-0.15, -0.1) is 11.3 Å². The van der Waals surface area contributed by atoms with Crippen molar-refractivity contribution in [1.29, 1.82) is 0 Å². The van der Waals surface area contributed by atoms with Crippen LogP contribution >= 0.6 is 11.3 Å². The van der Waals surface area contributed by atoms with Crippen LogP contribution in [0.3, 0.4) is 0 Å². The van der Waals surface area contributed by atoms with Crippen molar-refractivity contribution in [2.75, 3.05) is 18.5 Å². The molecule has 7 heteroatoms. The molecule has 0 fully saturated rings. The molecule has 0 unspecified atom stereocenters. The molecule has 3 N–H and O–H groups in total. The molecule has 2 aromatic rings. The van der Waals surface area contributed by atoms with Gasteiger partial charge >= 0.3 is 0 Å². The number of rotatable bonds is 6. The fourth-order valence-corrected chi connectivity index (χ4v) is 3.74. The Morgan fingerprint density at radius 1 is 1.24 bits per heavy atom. The van der Waals surface area contributed by atoms with Crippen LogP contribution in [-0.2, 0) is 16.1 Å². The Balaban J connectivity index is 2.25. The van der Waals surface area contributed by atoms with Crippen molar-refractivity contribution in [3.8, 4) is 0 Å². The summed E-state index contributed by atoms with van der Waals surface area (Å²) in [6.07, 6.45) is 0. The molecule has 0 aliphatic heterocycles. The number of amides is 2. The van der Waals surface area contributed by atoms with Crippen molar-refractivity contribution in [1.82, 2.24) is 10.3 Å². The molecule has 134 valence electrons. The monoisotopic (exact) mass is 361 g/mol. The first-order chi connectivity index (χ1) is 11.8. The van der Waals surface area contributed by atoms with Gasteiger partial charge in [-0.1, -0.05) is 17.7 Å². The normalized spacial score (nSPS) is 10.6. The van der Waals surface area contributed by atoms with Gasteiger partial charge in [-0.05, 0) is 31.9 Å². The molecule has 1 aromatic carbocycles. The summed E-state index contributed by atoms with van der Waals surface area (Å²) in [6.45, 7) is 8.58. The summed E-state index contributed by atoms with van der Waals surface area (Å²) in [7, 11) is 1.62. The predicted molar refractivity (Wildman–Crippen MR) is 100 cm³/mol. The molecule has 0 aliphatic carbocycles. The number of carbonyl (C=O) groups excluding carboxylic acids is 2. The molecular formula is C18H25N4O2S+. The van der Waals surface area contributed by atoms with Crippen molar-refractivity contribution in [2.24, 2.45) is 0 Å². The summed E-state index contributed by atoms with van der Waals surface area (Å²) in [6, 6.07) is 4.15. The van der Waals surface area contributed by atoms with Gasteiger partial charge in [0.1, 0.15) is 12.2 Å². The van der Waals surface area contributed by atoms with Gasteiger partial charge in [0.2, 0.25) is 5.91 Å². The molecule has 2 rings (SSSR count). The van der Waals surface area contributed by atoms with Gasteiger partial charge < -0.3 is 10.6 Å². The summed E-state index contributed by atoms with van der Waals surface area (Å²) in [5, 5.41) is 7.07. The number of likely N-dealkylation sites (N-methyl/N-ethyl adjacent to an activating group) is 1. The highest BCUT2D eigenvalue weighted by molar-refractivity contribution is 7.14. The SMILES string of the molecule is CNC(=O)C[NH2+]Cc1csc(N(C(C)=O)c2c(C)cc(C)cc2C)n1. The molecule has 1 aromatic heterocycles. The smallest absolute Gasteiger partial charge is 0.274 e. The number of anilines is 2. The zero-order chi connectivity index (χ0) is 18.6. The Bertz CT molecular complexity index is 762. The van der Waals surface area contributed by atoms with Crippen molar-refractivity contribution < 1.29 is 14.9 Å². The Morgan fingerprint density at radius 2 is 1.88 bits per heavy atom. The van der Waals surface area contributed by atoms with Gasteiger partial charge in [0.05, 0.1) is 5.69 Å². The minimum Gasteiger partial charge on any atom is -0.354 e. The molecule has 25 heavy (non-hydrogen) atoms. The van der Waals surface area contributed by atoms with E-state index in [9.17, 15) is 9.59 Å². The number of benzene rings is 1. The van der Waals surface area contributed by atoms with Crippen LogP contribution < -0.4 is 15.5 Å². The number of nitrogens with zero attached hydrogens (tertiary/aromatic N) is 2. The average Bonchev–Trinajstić information content (AvgIpc) is 2.98. The van der Waals surface area contributed by atoms with Crippen LogP contribution in [0.4, 0.5) is 10.8 Å². The highest BCUT2D eigenvalue weighted by Gasteiger charge is 2.22. The number of hydrogen-bond donors (Lipinski definition) is 2. The van der Waals surface area contributed by atoms with E-state index in [0.29, 0.717) is 18.2 Å². The predicted octanol–water partition coefficient (Wildman–Crippen LogP) is 1.56. The van der Waals surface area contributed by atoms with Crippen molar-refractivity contribution in [3.63, 3.8) is 0 Å². The van der Waals surface area contributed by atoms with E-state index in [1.54, 1.807) is 18.9 Å². The lowest BCUT2D eigenvalue weighted by molar-refractivity contribution is -0.660. The molecule has 1 heterocycles. The summed E-state index contributed by atoms with van der Waals surface area (Å²) >= 11 is 1.44. The van der Waals surface area contributed by atoms with Crippen molar-refractivity contribution >= 4 is 34.0 Å². The fraction of sp³-hybridized carbons (Fsp3) is 0.389. The molecule has 2 amide bonds. The number of nitrogens with one attached hydrogen (secondary N) is 1. The third kappa shape index (κ3) is 4.64. The molecule has 0 atom stereocenters. The molecule has 0 radical (unpaired) electrons. The first kappa shape index (κ1) is 19.1. The van der Waals surface area contributed by atoms with Crippen LogP contribution in [0, 0.1) is 20.8 Å². The number of hydrogen-bond acceptors (Lipinski definition) is 4. The fourth-order valence-electron chi connectivity index (χ4n) is 2.86. The maximum absolute atomic E-state index is 12.3. The van der Waals surface area contributed by atoms with E-state index in [2.05, 4.69) is 22.4 Å². The van der Waals surface area contributed by atoms with Crippen molar-refractivity contribution in [3.05, 3.63) is 39.9 Å². The highest BCUT2D eigenvalue weighted by Crippen LogP contribution is 2.34. The lowest BCUT2D eigenvalue weighted by Gasteiger charge is -2.23. The van der Waals surface area contributed by atoms with Crippen LogP contribution in [0.25, 0.3) is 0 Å². The Kier molecular flexibility index (Phi) is 6.27. The maximum Gasteiger partial charge on any atom is 0.274 e. The number of quaternary nitrogens is 1. The first-order valence-electron chi connectivity index (χ1n) is 8.18. The molecule has 0 aliphatic rings. The van der Waals surface area contributed by atoms with Crippen LogP contribution in [0.15, 0.2) is 17.5 Å². The molecule has 0 bridgehead atoms. The summed E-state index contributed by atoms with van der Waals surface area (Å²) in [5.74, 6) is -0.0861. The first-order valence-corrected chi connectivity index (χ1v) is 9.06. The minimum atomic E-state index is -0.0645. The average molecular weight is 361 g/mol. The van der Waals surface area contributed by atoms with E-state index >= 15 is 0 Å². The van der Waals surface area contributed by atoms with E-state index < -0.39 is 0 Å². The standard InChI is InChI=1S/C18H24N4O2S/c1-11-6-12(2)17(13(3)7-11)22(14(4)23)18-21-15(10-25-18)8-20-9-16(24)19-5/h6-7,10,20H,8-9H2,1-5H3,(H,19,24)/p+1. The Labute approximate surface area is 152 Å². The summed E-state index contributed by atoms with van der Waals surface area (Å²) in [5.41, 5.74) is 5.03. The van der Waals surface area contributed by atoms with E-state index in [1.807, 2.05) is 31.5 Å². The van der Waals surface area contributed by atoms with E-state index in [4.69, 9.17) is 0 Å². The minimum absolute atomic E-state index is 0.0216. The van der Waals surface area contributed by atoms with E-state index in [0.717, 1.165) is 22.5 Å². The van der Waals surface area contributed by atoms with Gasteiger partial charge in [-0.25, -0.2) is 4.98 Å². The number of aromatic nitrogens is 1. The van der Waals surface area contributed by atoms with E-state index in [1.165, 1.54) is 16.9 Å². The Hall–Kier alpha value is -2.25. The number of thiazole rings is 1. The Morgan fingerprint density at radius 3 is 2.44 bits per heavy atom. The topological polar surface area (TPSA) is 78.9 Å². The quantitative estimate of drug-likeness (QED) is 0.820. The highest BCUT2D eigenvalue weighted by atomic mass is 32.1. The molecule has 0 saturated heterocycles. The van der Waals surface area contributed by atoms with Gasteiger partial charge in [-0.2, -0.15) is 0 Å². The van der Waals surface area contributed by atoms with Gasteiger partial charge in [0, 0.05) is 19.4 Å². The largest absolute Gasteiger partial charge is 0.354 e. The van der Waals surface area contributed by atoms with E-state index in [-0.39, 0.29) is 11.8 Å². The third-order valence-electron chi connectivity index (χ3n) is 3.87. The van der Waals surface area contributed by atoms with Crippen LogP contribution in [0.5, 0.6) is 0 Å². The molecule has 0 spiro atoms. The molecule has 0 saturated carbocycles. The van der Waals surface area contributed by atoms with Gasteiger partial charge in [0.25, 0.3) is 5.91 Å². The van der Waals surface area contributed by atoms with Crippen LogP contribution in [0.1, 0.15) is 29.3 Å². The summed E-state index contributed by atoms with van der Waals surface area (Å²) in [4.78, 5) is 29.9. The number of nitrogens with two attached hydrogens (primary N) is 1. The van der Waals surface area contributed by atoms with Crippen LogP contribution in [0.2, 0.25) is 0 Å². The van der Waals surface area contributed by atoms with Crippen LogP contribution in [-0.4, -0.2) is 30.4 Å². The third-order valence-corrected chi connectivity index (χ3v) is 4.74. The molecular weight excluding hydrogens is 336 g/mol. The lowest BCUT2D eigenvalue weighted by atomic mass is 10.0. The maximum atomic E-state index is 12.3.